The lowest BCUT2D eigenvalue weighted by atomic mass is 10.1. The normalized spacial score (nSPS) is 22.0. The Balaban J connectivity index is 1.97. The zero-order chi connectivity index (χ0) is 14.7. The quantitative estimate of drug-likeness (QED) is 0.906. The van der Waals surface area contributed by atoms with Gasteiger partial charge in [-0.1, -0.05) is 6.07 Å². The second-order valence-corrected chi connectivity index (χ2v) is 4.98. The fraction of sp³-hybridized carbons (Fsp3) is 0.500. The molecule has 1 heterocycles. The van der Waals surface area contributed by atoms with Crippen LogP contribution in [0.5, 0.6) is 0 Å². The van der Waals surface area contributed by atoms with Gasteiger partial charge in [-0.25, -0.2) is 8.78 Å². The number of hydrogen-bond acceptors (Lipinski definition) is 3. The molecule has 0 bridgehead atoms. The molecule has 2 rings (SSSR count). The second-order valence-electron chi connectivity index (χ2n) is 4.98. The molecule has 110 valence electrons. The third-order valence-corrected chi connectivity index (χ3v) is 3.52. The molecule has 2 atom stereocenters. The predicted molar refractivity (Wildman–Crippen MR) is 70.0 cm³/mol. The summed E-state index contributed by atoms with van der Waals surface area (Å²) in [6.07, 6.45) is 0.630. The molecule has 0 radical (unpaired) electrons. The molecule has 0 aliphatic carbocycles. The first-order valence-corrected chi connectivity index (χ1v) is 6.46. The highest BCUT2D eigenvalue weighted by atomic mass is 19.1. The fourth-order valence-electron chi connectivity index (χ4n) is 2.32. The van der Waals surface area contributed by atoms with Gasteiger partial charge >= 0.3 is 0 Å². The summed E-state index contributed by atoms with van der Waals surface area (Å²) in [6, 6.07) is 3.05. The number of halogens is 2. The molecule has 1 aromatic rings. The molecule has 2 unspecified atom stereocenters. The van der Waals surface area contributed by atoms with Crippen LogP contribution >= 0.6 is 0 Å². The molecule has 1 saturated heterocycles. The van der Waals surface area contributed by atoms with Crippen molar-refractivity contribution < 1.29 is 18.3 Å². The maximum absolute atomic E-state index is 13.6. The van der Waals surface area contributed by atoms with Gasteiger partial charge in [0.1, 0.15) is 11.6 Å². The van der Waals surface area contributed by atoms with Crippen LogP contribution in [0.15, 0.2) is 18.2 Å². The molecule has 20 heavy (non-hydrogen) atoms. The number of carbonyl (C=O) groups excluding carboxylic acids is 1. The number of hydrogen-bond donors (Lipinski definition) is 1. The first-order chi connectivity index (χ1) is 9.51. The van der Waals surface area contributed by atoms with E-state index in [9.17, 15) is 13.6 Å². The number of carbonyl (C=O) groups is 1. The summed E-state index contributed by atoms with van der Waals surface area (Å²) in [5.74, 6) is -1.38. The van der Waals surface area contributed by atoms with Crippen LogP contribution < -0.4 is 5.32 Å². The number of nitrogens with one attached hydrogen (secondary N) is 1. The summed E-state index contributed by atoms with van der Waals surface area (Å²) in [5, 5.41) is 3.08. The third kappa shape index (κ3) is 3.32. The van der Waals surface area contributed by atoms with E-state index in [2.05, 4.69) is 5.32 Å². The van der Waals surface area contributed by atoms with Crippen molar-refractivity contribution in [1.29, 1.82) is 0 Å². The van der Waals surface area contributed by atoms with Gasteiger partial charge in [-0.15, -0.1) is 0 Å². The van der Waals surface area contributed by atoms with Crippen LogP contribution in [-0.4, -0.2) is 43.7 Å². The number of rotatable bonds is 4. The van der Waals surface area contributed by atoms with Crippen molar-refractivity contribution in [2.75, 3.05) is 20.7 Å². The summed E-state index contributed by atoms with van der Waals surface area (Å²) in [7, 11) is 3.21. The van der Waals surface area contributed by atoms with E-state index in [0.29, 0.717) is 18.5 Å². The molecule has 1 aliphatic rings. The number of methoxy groups -OCH3 is 1. The number of amides is 1. The number of likely N-dealkylation sites (N-methyl/N-ethyl adjacent to an activating group) is 1. The maximum Gasteiger partial charge on any atom is 0.239 e. The number of benzene rings is 1. The highest BCUT2D eigenvalue weighted by Gasteiger charge is 2.31. The predicted octanol–water partition coefficient (Wildman–Crippen LogP) is 1.30. The minimum atomic E-state index is -0.640. The van der Waals surface area contributed by atoms with Gasteiger partial charge in [0, 0.05) is 38.9 Å². The minimum absolute atomic E-state index is 0.0277. The van der Waals surface area contributed by atoms with Crippen molar-refractivity contribution >= 4 is 5.91 Å². The molecule has 1 aliphatic heterocycles. The van der Waals surface area contributed by atoms with E-state index in [4.69, 9.17) is 4.74 Å². The SMILES string of the molecule is COC1CNC(C(=O)N(C)Cc2ccc(F)cc2F)C1. The summed E-state index contributed by atoms with van der Waals surface area (Å²) in [5.41, 5.74) is 0.295. The van der Waals surface area contributed by atoms with Gasteiger partial charge < -0.3 is 15.0 Å². The van der Waals surface area contributed by atoms with Gasteiger partial charge in [0.25, 0.3) is 0 Å². The molecule has 1 fully saturated rings. The van der Waals surface area contributed by atoms with Crippen molar-refractivity contribution in [3.05, 3.63) is 35.4 Å². The van der Waals surface area contributed by atoms with Gasteiger partial charge in [-0.2, -0.15) is 0 Å². The Morgan fingerprint density at radius 1 is 1.50 bits per heavy atom. The van der Waals surface area contributed by atoms with Crippen molar-refractivity contribution in [2.24, 2.45) is 0 Å². The molecule has 6 heteroatoms. The molecule has 4 nitrogen and oxygen atoms in total. The number of nitrogens with zero attached hydrogens (tertiary/aromatic N) is 1. The standard InChI is InChI=1S/C14H18F2N2O2/c1-18(8-9-3-4-10(15)5-12(9)16)14(19)13-6-11(20-2)7-17-13/h3-5,11,13,17H,6-8H2,1-2H3. The van der Waals surface area contributed by atoms with Crippen molar-refractivity contribution in [1.82, 2.24) is 10.2 Å². The van der Waals surface area contributed by atoms with E-state index in [-0.39, 0.29) is 24.6 Å². The van der Waals surface area contributed by atoms with Crippen LogP contribution in [-0.2, 0) is 16.1 Å². The summed E-state index contributed by atoms with van der Waals surface area (Å²) in [6.45, 7) is 0.742. The molecule has 1 aromatic carbocycles. The van der Waals surface area contributed by atoms with Crippen LogP contribution in [0.25, 0.3) is 0 Å². The Hall–Kier alpha value is -1.53. The molecule has 1 N–H and O–H groups in total. The summed E-state index contributed by atoms with van der Waals surface area (Å²) in [4.78, 5) is 13.6. The molecular weight excluding hydrogens is 266 g/mol. The molecule has 0 saturated carbocycles. The zero-order valence-electron chi connectivity index (χ0n) is 11.5. The van der Waals surface area contributed by atoms with Crippen molar-refractivity contribution in [3.63, 3.8) is 0 Å². The fourth-order valence-corrected chi connectivity index (χ4v) is 2.32. The van der Waals surface area contributed by atoms with Gasteiger partial charge in [-0.3, -0.25) is 4.79 Å². The van der Waals surface area contributed by atoms with E-state index >= 15 is 0 Å². The molecule has 0 spiro atoms. The largest absolute Gasteiger partial charge is 0.380 e. The average molecular weight is 284 g/mol. The summed E-state index contributed by atoms with van der Waals surface area (Å²) < 4.78 is 31.6. The number of ether oxygens (including phenoxy) is 1. The first-order valence-electron chi connectivity index (χ1n) is 6.46. The van der Waals surface area contributed by atoms with E-state index in [0.717, 1.165) is 6.07 Å². The lowest BCUT2D eigenvalue weighted by molar-refractivity contribution is -0.132. The zero-order valence-corrected chi connectivity index (χ0v) is 11.5. The first kappa shape index (κ1) is 14.9. The minimum Gasteiger partial charge on any atom is -0.380 e. The Morgan fingerprint density at radius 3 is 2.85 bits per heavy atom. The second kappa shape index (κ2) is 6.28. The Kier molecular flexibility index (Phi) is 4.67. The third-order valence-electron chi connectivity index (χ3n) is 3.52. The monoisotopic (exact) mass is 284 g/mol. The Bertz CT molecular complexity index is 496. The molecule has 0 aromatic heterocycles. The van der Waals surface area contributed by atoms with Crippen LogP contribution in [0, 0.1) is 11.6 Å². The van der Waals surface area contributed by atoms with Gasteiger partial charge in [-0.05, 0) is 12.5 Å². The van der Waals surface area contributed by atoms with Gasteiger partial charge in [0.15, 0.2) is 0 Å². The molecule has 1 amide bonds. The van der Waals surface area contributed by atoms with E-state index in [1.54, 1.807) is 14.2 Å². The highest BCUT2D eigenvalue weighted by Crippen LogP contribution is 2.15. The van der Waals surface area contributed by atoms with E-state index in [1.165, 1.54) is 17.0 Å². The Morgan fingerprint density at radius 2 is 2.25 bits per heavy atom. The topological polar surface area (TPSA) is 41.6 Å². The lowest BCUT2D eigenvalue weighted by Crippen LogP contribution is -2.41. The van der Waals surface area contributed by atoms with Crippen LogP contribution in [0.2, 0.25) is 0 Å². The van der Waals surface area contributed by atoms with E-state index < -0.39 is 11.6 Å². The smallest absolute Gasteiger partial charge is 0.239 e. The van der Waals surface area contributed by atoms with Crippen LogP contribution in [0.4, 0.5) is 8.78 Å². The van der Waals surface area contributed by atoms with Gasteiger partial charge in [0.05, 0.1) is 12.1 Å². The lowest BCUT2D eigenvalue weighted by Gasteiger charge is -2.21. The molecular formula is C14H18F2N2O2. The highest BCUT2D eigenvalue weighted by molar-refractivity contribution is 5.82. The van der Waals surface area contributed by atoms with Crippen molar-refractivity contribution in [3.8, 4) is 0 Å². The summed E-state index contributed by atoms with van der Waals surface area (Å²) >= 11 is 0. The van der Waals surface area contributed by atoms with Crippen molar-refractivity contribution in [2.45, 2.75) is 25.1 Å². The van der Waals surface area contributed by atoms with E-state index in [1.807, 2.05) is 0 Å². The maximum atomic E-state index is 13.6. The van der Waals surface area contributed by atoms with Crippen LogP contribution in [0.1, 0.15) is 12.0 Å². The van der Waals surface area contributed by atoms with Crippen LogP contribution in [0.3, 0.4) is 0 Å². The average Bonchev–Trinajstić information content (AvgIpc) is 2.89. The Labute approximate surface area is 116 Å². The van der Waals surface area contributed by atoms with Gasteiger partial charge in [0.2, 0.25) is 5.91 Å².